The van der Waals surface area contributed by atoms with Crippen LogP contribution < -0.4 is 10.1 Å². The first-order valence-corrected chi connectivity index (χ1v) is 7.22. The zero-order valence-corrected chi connectivity index (χ0v) is 11.4. The van der Waals surface area contributed by atoms with E-state index in [1.54, 1.807) is 7.11 Å². The summed E-state index contributed by atoms with van der Waals surface area (Å²) < 4.78 is 5.36. The molecule has 0 unspecified atom stereocenters. The van der Waals surface area contributed by atoms with Crippen LogP contribution in [0.2, 0.25) is 0 Å². The molecule has 2 aromatic rings. The number of H-pyrrole nitrogens is 1. The minimum Gasteiger partial charge on any atom is -0.497 e. The van der Waals surface area contributed by atoms with Crippen molar-refractivity contribution in [3.8, 4) is 5.75 Å². The van der Waals surface area contributed by atoms with Gasteiger partial charge in [-0.25, -0.2) is 0 Å². The first-order chi connectivity index (χ1) is 9.32. The zero-order valence-electron chi connectivity index (χ0n) is 11.4. The van der Waals surface area contributed by atoms with Crippen molar-refractivity contribution < 1.29 is 4.74 Å². The Bertz CT molecular complexity index is 623. The number of aromatic amines is 1. The lowest BCUT2D eigenvalue weighted by molar-refractivity contribution is 0.301. The third-order valence-electron chi connectivity index (χ3n) is 5.06. The van der Waals surface area contributed by atoms with E-state index in [4.69, 9.17) is 4.74 Å². The van der Waals surface area contributed by atoms with Gasteiger partial charge in [0.15, 0.2) is 0 Å². The Morgan fingerprint density at radius 2 is 2.00 bits per heavy atom. The molecule has 2 aliphatic rings. The van der Waals surface area contributed by atoms with E-state index in [1.165, 1.54) is 47.8 Å². The topological polar surface area (TPSA) is 37.0 Å². The molecule has 1 aromatic carbocycles. The summed E-state index contributed by atoms with van der Waals surface area (Å²) in [6.45, 7) is 2.30. The largest absolute Gasteiger partial charge is 0.497 e. The van der Waals surface area contributed by atoms with Gasteiger partial charge in [-0.05, 0) is 62.5 Å². The summed E-state index contributed by atoms with van der Waals surface area (Å²) in [5, 5.41) is 4.85. The van der Waals surface area contributed by atoms with E-state index in [1.807, 2.05) is 6.07 Å². The molecule has 3 nitrogen and oxygen atoms in total. The lowest BCUT2D eigenvalue weighted by Crippen LogP contribution is -2.38. The van der Waals surface area contributed by atoms with Gasteiger partial charge in [0.1, 0.15) is 5.75 Å². The number of rotatable bonds is 1. The molecule has 1 spiro atoms. The lowest BCUT2D eigenvalue weighted by Gasteiger charge is -2.34. The maximum atomic E-state index is 5.36. The van der Waals surface area contributed by atoms with Gasteiger partial charge in [-0.3, -0.25) is 0 Å². The molecule has 1 fully saturated rings. The molecule has 3 heteroatoms. The van der Waals surface area contributed by atoms with E-state index in [-0.39, 0.29) is 0 Å². The number of ether oxygens (including phenoxy) is 1. The Balaban J connectivity index is 1.88. The predicted octanol–water partition coefficient (Wildman–Crippen LogP) is 2.74. The van der Waals surface area contributed by atoms with Crippen molar-refractivity contribution in [2.24, 2.45) is 0 Å². The van der Waals surface area contributed by atoms with Crippen molar-refractivity contribution >= 4 is 10.9 Å². The summed E-state index contributed by atoms with van der Waals surface area (Å²) in [5.74, 6) is 0.959. The first kappa shape index (κ1) is 11.4. The van der Waals surface area contributed by atoms with Crippen LogP contribution in [0.1, 0.15) is 30.5 Å². The molecule has 0 atom stereocenters. The highest BCUT2D eigenvalue weighted by atomic mass is 16.5. The Kier molecular flexibility index (Phi) is 2.39. The zero-order chi connectivity index (χ0) is 12.9. The third kappa shape index (κ3) is 1.54. The number of nitrogens with one attached hydrogen (secondary N) is 2. The number of hydrogen-bond acceptors (Lipinski definition) is 2. The maximum Gasteiger partial charge on any atom is 0.119 e. The van der Waals surface area contributed by atoms with Crippen LogP contribution in [-0.2, 0) is 11.8 Å². The first-order valence-electron chi connectivity index (χ1n) is 7.22. The molecular weight excluding hydrogens is 236 g/mol. The molecule has 100 valence electrons. The van der Waals surface area contributed by atoms with Crippen LogP contribution in [0.3, 0.4) is 0 Å². The van der Waals surface area contributed by atoms with Crippen molar-refractivity contribution in [2.75, 3.05) is 20.2 Å². The van der Waals surface area contributed by atoms with Gasteiger partial charge in [0.25, 0.3) is 0 Å². The molecule has 0 saturated carbocycles. The van der Waals surface area contributed by atoms with Gasteiger partial charge in [0, 0.05) is 22.0 Å². The highest BCUT2D eigenvalue weighted by molar-refractivity contribution is 5.87. The highest BCUT2D eigenvalue weighted by Crippen LogP contribution is 2.47. The molecule has 19 heavy (non-hydrogen) atoms. The molecule has 2 heterocycles. The smallest absolute Gasteiger partial charge is 0.119 e. The quantitative estimate of drug-likeness (QED) is 0.823. The number of benzene rings is 1. The highest BCUT2D eigenvalue weighted by Gasteiger charge is 2.41. The number of piperidine rings is 1. The maximum absolute atomic E-state index is 5.36. The summed E-state index contributed by atoms with van der Waals surface area (Å²) >= 11 is 0. The van der Waals surface area contributed by atoms with E-state index < -0.39 is 0 Å². The molecule has 1 aliphatic carbocycles. The second kappa shape index (κ2) is 4.01. The van der Waals surface area contributed by atoms with Crippen LogP contribution in [-0.4, -0.2) is 25.2 Å². The van der Waals surface area contributed by atoms with Gasteiger partial charge in [0.05, 0.1) is 7.11 Å². The second-order valence-corrected chi connectivity index (χ2v) is 5.92. The summed E-state index contributed by atoms with van der Waals surface area (Å²) in [4.78, 5) is 3.70. The Hall–Kier alpha value is -1.48. The van der Waals surface area contributed by atoms with Crippen LogP contribution in [0.25, 0.3) is 10.9 Å². The van der Waals surface area contributed by atoms with Crippen molar-refractivity contribution in [1.29, 1.82) is 0 Å². The van der Waals surface area contributed by atoms with Crippen molar-refractivity contribution in [1.82, 2.24) is 10.3 Å². The minimum atomic E-state index is 0.410. The fourth-order valence-corrected chi connectivity index (χ4v) is 3.96. The summed E-state index contributed by atoms with van der Waals surface area (Å²) in [5.41, 5.74) is 4.73. The summed E-state index contributed by atoms with van der Waals surface area (Å²) in [6.07, 6.45) is 5.05. The summed E-state index contributed by atoms with van der Waals surface area (Å²) in [6, 6.07) is 6.38. The number of aromatic nitrogens is 1. The van der Waals surface area contributed by atoms with Gasteiger partial charge < -0.3 is 15.0 Å². The predicted molar refractivity (Wildman–Crippen MR) is 77.0 cm³/mol. The van der Waals surface area contributed by atoms with Gasteiger partial charge in [-0.15, -0.1) is 0 Å². The van der Waals surface area contributed by atoms with Gasteiger partial charge in [0.2, 0.25) is 0 Å². The van der Waals surface area contributed by atoms with E-state index in [0.717, 1.165) is 18.8 Å². The molecule has 4 rings (SSSR count). The van der Waals surface area contributed by atoms with Crippen LogP contribution in [0.4, 0.5) is 0 Å². The second-order valence-electron chi connectivity index (χ2n) is 5.92. The fraction of sp³-hybridized carbons (Fsp3) is 0.500. The number of aryl methyl sites for hydroxylation is 1. The van der Waals surface area contributed by atoms with Crippen LogP contribution in [0.15, 0.2) is 18.2 Å². The number of methoxy groups -OCH3 is 1. The molecule has 1 saturated heterocycles. The van der Waals surface area contributed by atoms with E-state index in [0.29, 0.717) is 5.41 Å². The van der Waals surface area contributed by atoms with Crippen LogP contribution in [0.5, 0.6) is 5.75 Å². The van der Waals surface area contributed by atoms with E-state index in [2.05, 4.69) is 22.4 Å². The number of hydrogen-bond donors (Lipinski definition) is 2. The SMILES string of the molecule is COc1ccc2[nH]c3c(c2c1)CCC31CCNCC1. The molecule has 1 aromatic heterocycles. The van der Waals surface area contributed by atoms with E-state index >= 15 is 0 Å². The normalized spacial score (nSPS) is 20.9. The summed E-state index contributed by atoms with van der Waals surface area (Å²) in [7, 11) is 1.74. The van der Waals surface area contributed by atoms with Gasteiger partial charge in [-0.1, -0.05) is 0 Å². The molecule has 0 bridgehead atoms. The van der Waals surface area contributed by atoms with Gasteiger partial charge >= 0.3 is 0 Å². The average molecular weight is 256 g/mol. The molecule has 1 aliphatic heterocycles. The van der Waals surface area contributed by atoms with E-state index in [9.17, 15) is 0 Å². The Morgan fingerprint density at radius 1 is 1.16 bits per heavy atom. The molecule has 0 radical (unpaired) electrons. The lowest BCUT2D eigenvalue weighted by atomic mass is 9.77. The Labute approximate surface area is 113 Å². The monoisotopic (exact) mass is 256 g/mol. The minimum absolute atomic E-state index is 0.410. The fourth-order valence-electron chi connectivity index (χ4n) is 3.96. The van der Waals surface area contributed by atoms with Crippen molar-refractivity contribution in [2.45, 2.75) is 31.1 Å². The number of fused-ring (bicyclic) bond motifs is 4. The molecule has 2 N–H and O–H groups in total. The molecular formula is C16H20N2O. The van der Waals surface area contributed by atoms with Crippen molar-refractivity contribution in [3.05, 3.63) is 29.5 Å². The molecule has 0 amide bonds. The average Bonchev–Trinajstić information content (AvgIpc) is 2.98. The standard InChI is InChI=1S/C16H20N2O/c1-19-11-2-3-14-13(10-11)12-4-5-16(15(12)18-14)6-8-17-9-7-16/h2-3,10,17-18H,4-9H2,1H3. The van der Waals surface area contributed by atoms with Crippen LogP contribution in [0, 0.1) is 0 Å². The van der Waals surface area contributed by atoms with Gasteiger partial charge in [-0.2, -0.15) is 0 Å². The Morgan fingerprint density at radius 3 is 2.79 bits per heavy atom. The van der Waals surface area contributed by atoms with Crippen molar-refractivity contribution in [3.63, 3.8) is 0 Å². The third-order valence-corrected chi connectivity index (χ3v) is 5.06. The van der Waals surface area contributed by atoms with Crippen LogP contribution >= 0.6 is 0 Å².